The zero-order valence-corrected chi connectivity index (χ0v) is 8.18. The Morgan fingerprint density at radius 1 is 1.08 bits per heavy atom. The summed E-state index contributed by atoms with van der Waals surface area (Å²) in [6.45, 7) is 4.32. The summed E-state index contributed by atoms with van der Waals surface area (Å²) in [6.07, 6.45) is 0. The van der Waals surface area contributed by atoms with E-state index in [1.807, 2.05) is 12.1 Å². The zero-order valence-electron chi connectivity index (χ0n) is 7.42. The Bertz CT molecular complexity index is 212. The molecule has 0 fully saturated rings. The molecular weight excluding hydrogens is 170 g/mol. The predicted octanol–water partition coefficient (Wildman–Crippen LogP) is 3.01. The van der Waals surface area contributed by atoms with Gasteiger partial charge in [0.15, 0.2) is 0 Å². The zero-order chi connectivity index (χ0) is 9.14. The average Bonchev–Trinajstić information content (AvgIpc) is 2.04. The number of alkyl halides is 1. The van der Waals surface area contributed by atoms with Crippen LogP contribution in [0.25, 0.3) is 0 Å². The van der Waals surface area contributed by atoms with E-state index >= 15 is 0 Å². The number of halogens is 1. The van der Waals surface area contributed by atoms with Crippen LogP contribution in [0.2, 0.25) is 0 Å². The lowest BCUT2D eigenvalue weighted by molar-refractivity contribution is 0.863. The van der Waals surface area contributed by atoms with Crippen LogP contribution >= 0.6 is 11.6 Å². The second-order valence-electron chi connectivity index (χ2n) is 3.22. The lowest BCUT2D eigenvalue weighted by Crippen LogP contribution is -2.01. The van der Waals surface area contributed by atoms with Crippen molar-refractivity contribution in [2.45, 2.75) is 25.3 Å². The summed E-state index contributed by atoms with van der Waals surface area (Å²) in [4.78, 5) is 0. The largest absolute Gasteiger partial charge is 0.312 e. The molecule has 66 valence electrons. The Morgan fingerprint density at radius 2 is 1.50 bits per heavy atom. The van der Waals surface area contributed by atoms with Crippen LogP contribution in [0.1, 0.15) is 36.4 Å². The molecule has 1 rings (SSSR count). The van der Waals surface area contributed by atoms with Gasteiger partial charge in [-0.15, -0.1) is 11.6 Å². The van der Waals surface area contributed by atoms with Gasteiger partial charge in [-0.25, -0.2) is 0 Å². The van der Waals surface area contributed by atoms with Gasteiger partial charge in [0.05, 0.1) is 0 Å². The highest BCUT2D eigenvalue weighted by Crippen LogP contribution is 2.18. The molecule has 1 aromatic rings. The van der Waals surface area contributed by atoms with Crippen molar-refractivity contribution in [3.05, 3.63) is 35.4 Å². The molecule has 0 amide bonds. The number of hydrogen-bond donors (Lipinski definition) is 1. The van der Waals surface area contributed by atoms with E-state index < -0.39 is 0 Å². The molecule has 0 spiro atoms. The lowest BCUT2D eigenvalue weighted by Gasteiger charge is -2.07. The molecule has 1 atom stereocenters. The van der Waals surface area contributed by atoms with Gasteiger partial charge in [-0.1, -0.05) is 38.1 Å². The van der Waals surface area contributed by atoms with Crippen molar-refractivity contribution in [3.8, 4) is 0 Å². The minimum Gasteiger partial charge on any atom is -0.312 e. The molecule has 0 saturated carbocycles. The number of hydrogen-bond acceptors (Lipinski definition) is 1. The van der Waals surface area contributed by atoms with Crippen LogP contribution in [-0.2, 0) is 0 Å². The minimum absolute atomic E-state index is 0.383. The molecule has 1 unspecified atom stereocenters. The summed E-state index contributed by atoms with van der Waals surface area (Å²) in [7, 11) is 0. The van der Waals surface area contributed by atoms with E-state index in [0.717, 1.165) is 5.56 Å². The molecule has 0 aliphatic rings. The quantitative estimate of drug-likeness (QED) is 0.554. The smallest absolute Gasteiger partial charge is 0.106 e. The maximum atomic E-state index is 5.71. The van der Waals surface area contributed by atoms with Gasteiger partial charge in [-0.2, -0.15) is 0 Å². The lowest BCUT2D eigenvalue weighted by atomic mass is 10.0. The predicted molar refractivity (Wildman–Crippen MR) is 53.3 cm³/mol. The first-order chi connectivity index (χ1) is 5.61. The van der Waals surface area contributed by atoms with Gasteiger partial charge in [0, 0.05) is 0 Å². The molecule has 0 radical (unpaired) electrons. The van der Waals surface area contributed by atoms with Gasteiger partial charge >= 0.3 is 0 Å². The van der Waals surface area contributed by atoms with Crippen molar-refractivity contribution in [3.63, 3.8) is 0 Å². The van der Waals surface area contributed by atoms with Crippen molar-refractivity contribution in [2.24, 2.45) is 5.73 Å². The molecule has 0 aromatic heterocycles. The molecule has 0 aliphatic heterocycles. The van der Waals surface area contributed by atoms with Crippen LogP contribution in [0.3, 0.4) is 0 Å². The molecule has 0 saturated heterocycles. The Balaban J connectivity index is 2.86. The van der Waals surface area contributed by atoms with E-state index in [0.29, 0.717) is 5.92 Å². The summed E-state index contributed by atoms with van der Waals surface area (Å²) < 4.78 is 0. The van der Waals surface area contributed by atoms with Gasteiger partial charge in [0.25, 0.3) is 0 Å². The second-order valence-corrected chi connectivity index (χ2v) is 3.69. The topological polar surface area (TPSA) is 26.0 Å². The third-order valence-corrected chi connectivity index (χ3v) is 2.17. The highest BCUT2D eigenvalue weighted by atomic mass is 35.5. The van der Waals surface area contributed by atoms with Gasteiger partial charge in [0.1, 0.15) is 5.50 Å². The first-order valence-corrected chi connectivity index (χ1v) is 4.54. The van der Waals surface area contributed by atoms with Crippen LogP contribution in [0.15, 0.2) is 24.3 Å². The Labute approximate surface area is 78.5 Å². The highest BCUT2D eigenvalue weighted by Gasteiger charge is 2.02. The van der Waals surface area contributed by atoms with Crippen molar-refractivity contribution < 1.29 is 0 Å². The van der Waals surface area contributed by atoms with E-state index in [-0.39, 0.29) is 5.50 Å². The molecule has 1 aromatic carbocycles. The standard InChI is InChI=1S/C10H14ClN/c1-7(2)8-3-5-9(6-4-8)10(11)12/h3-7,10H,12H2,1-2H3. The van der Waals surface area contributed by atoms with Crippen molar-refractivity contribution in [1.82, 2.24) is 0 Å². The molecule has 12 heavy (non-hydrogen) atoms. The molecule has 0 bridgehead atoms. The monoisotopic (exact) mass is 183 g/mol. The maximum Gasteiger partial charge on any atom is 0.106 e. The van der Waals surface area contributed by atoms with Gasteiger partial charge in [0.2, 0.25) is 0 Å². The Morgan fingerprint density at radius 3 is 1.83 bits per heavy atom. The number of nitrogens with two attached hydrogens (primary N) is 1. The van der Waals surface area contributed by atoms with Crippen LogP contribution in [0.4, 0.5) is 0 Å². The van der Waals surface area contributed by atoms with Crippen LogP contribution in [0.5, 0.6) is 0 Å². The van der Waals surface area contributed by atoms with Gasteiger partial charge in [-0.3, -0.25) is 0 Å². The van der Waals surface area contributed by atoms with Crippen LogP contribution in [0, 0.1) is 0 Å². The molecular formula is C10H14ClN. The van der Waals surface area contributed by atoms with E-state index in [4.69, 9.17) is 17.3 Å². The summed E-state index contributed by atoms with van der Waals surface area (Å²) >= 11 is 5.71. The Kier molecular flexibility index (Phi) is 3.12. The number of benzene rings is 1. The summed E-state index contributed by atoms with van der Waals surface area (Å²) in [5.74, 6) is 0.561. The van der Waals surface area contributed by atoms with E-state index in [1.165, 1.54) is 5.56 Å². The first-order valence-electron chi connectivity index (χ1n) is 4.10. The van der Waals surface area contributed by atoms with Crippen molar-refractivity contribution in [1.29, 1.82) is 0 Å². The maximum absolute atomic E-state index is 5.71. The van der Waals surface area contributed by atoms with Crippen LogP contribution in [-0.4, -0.2) is 0 Å². The minimum atomic E-state index is -0.383. The van der Waals surface area contributed by atoms with Gasteiger partial charge < -0.3 is 5.73 Å². The third kappa shape index (κ3) is 2.23. The van der Waals surface area contributed by atoms with E-state index in [9.17, 15) is 0 Å². The second kappa shape index (κ2) is 3.92. The van der Waals surface area contributed by atoms with E-state index in [2.05, 4.69) is 26.0 Å². The normalized spacial score (nSPS) is 13.4. The summed E-state index contributed by atoms with van der Waals surface area (Å²) in [6, 6.07) is 8.10. The first kappa shape index (κ1) is 9.56. The molecule has 1 nitrogen and oxygen atoms in total. The fourth-order valence-electron chi connectivity index (χ4n) is 1.06. The SMILES string of the molecule is CC(C)c1ccc(C(N)Cl)cc1. The average molecular weight is 184 g/mol. The van der Waals surface area contributed by atoms with Crippen molar-refractivity contribution in [2.75, 3.05) is 0 Å². The number of rotatable bonds is 2. The fraction of sp³-hybridized carbons (Fsp3) is 0.400. The van der Waals surface area contributed by atoms with Gasteiger partial charge in [-0.05, 0) is 17.0 Å². The molecule has 2 heteroatoms. The fourth-order valence-corrected chi connectivity index (χ4v) is 1.21. The third-order valence-electron chi connectivity index (χ3n) is 1.92. The molecule has 0 heterocycles. The highest BCUT2D eigenvalue weighted by molar-refractivity contribution is 6.20. The summed E-state index contributed by atoms with van der Waals surface area (Å²) in [5, 5.41) is 0. The molecule has 0 aliphatic carbocycles. The molecule has 2 N–H and O–H groups in total. The summed E-state index contributed by atoms with van der Waals surface area (Å²) in [5.41, 5.74) is 7.41. The van der Waals surface area contributed by atoms with Crippen molar-refractivity contribution >= 4 is 11.6 Å². The van der Waals surface area contributed by atoms with E-state index in [1.54, 1.807) is 0 Å². The van der Waals surface area contributed by atoms with Crippen LogP contribution < -0.4 is 5.73 Å². The Hall–Kier alpha value is -0.530.